The highest BCUT2D eigenvalue weighted by Crippen LogP contribution is 2.36. The van der Waals surface area contributed by atoms with Gasteiger partial charge >= 0.3 is 6.18 Å². The van der Waals surface area contributed by atoms with Gasteiger partial charge in [-0.3, -0.25) is 0 Å². The molecule has 2 nitrogen and oxygen atoms in total. The molecule has 1 N–H and O–H groups in total. The second-order valence-electron chi connectivity index (χ2n) is 3.27. The number of hydrogen-bond acceptors (Lipinski definition) is 2. The van der Waals surface area contributed by atoms with Gasteiger partial charge in [-0.25, -0.2) is 0 Å². The second-order valence-corrected chi connectivity index (χ2v) is 3.27. The van der Waals surface area contributed by atoms with E-state index in [1.165, 1.54) is 6.07 Å². The number of aromatic hydroxyl groups is 1. The molecule has 0 radical (unpaired) electrons. The third-order valence-electron chi connectivity index (χ3n) is 2.05. The van der Waals surface area contributed by atoms with Gasteiger partial charge in [0.2, 0.25) is 0 Å². The number of aryl methyl sites for hydroxylation is 1. The first-order chi connectivity index (χ1) is 6.88. The third kappa shape index (κ3) is 1.65. The van der Waals surface area contributed by atoms with Crippen LogP contribution in [0.4, 0.5) is 13.2 Å². The zero-order valence-corrected chi connectivity index (χ0v) is 7.72. The number of benzene rings is 1. The van der Waals surface area contributed by atoms with Gasteiger partial charge in [0, 0.05) is 5.39 Å². The quantitative estimate of drug-likeness (QED) is 0.731. The fraction of sp³-hybridized carbons (Fsp3) is 0.200. The van der Waals surface area contributed by atoms with Gasteiger partial charge in [-0.2, -0.15) is 13.2 Å². The molecule has 0 aliphatic rings. The van der Waals surface area contributed by atoms with Crippen LogP contribution in [-0.4, -0.2) is 5.11 Å². The molecule has 2 aromatic rings. The molecule has 0 aliphatic carbocycles. The summed E-state index contributed by atoms with van der Waals surface area (Å²) < 4.78 is 42.1. The fourth-order valence-electron chi connectivity index (χ4n) is 1.43. The van der Waals surface area contributed by atoms with E-state index in [-0.39, 0.29) is 11.0 Å². The molecule has 0 saturated carbocycles. The van der Waals surface area contributed by atoms with E-state index < -0.39 is 17.5 Å². The molecule has 2 rings (SSSR count). The molecule has 0 amide bonds. The number of furan rings is 1. The number of alkyl halides is 3. The maximum Gasteiger partial charge on any atom is 0.416 e. The van der Waals surface area contributed by atoms with Crippen molar-refractivity contribution in [3.63, 3.8) is 0 Å². The summed E-state index contributed by atoms with van der Waals surface area (Å²) in [5, 5.41) is 9.58. The van der Waals surface area contributed by atoms with Gasteiger partial charge < -0.3 is 9.52 Å². The standard InChI is InChI=1S/C10H7F3O2/c1-5-2-6-3-7(10(11,12)13)4-8(14)9(6)15-5/h2-4,14H,1H3. The van der Waals surface area contributed by atoms with Crippen molar-refractivity contribution in [2.75, 3.05) is 0 Å². The van der Waals surface area contributed by atoms with Crippen LogP contribution in [0.1, 0.15) is 11.3 Å². The largest absolute Gasteiger partial charge is 0.504 e. The summed E-state index contributed by atoms with van der Waals surface area (Å²) in [5.74, 6) is -0.0347. The molecular weight excluding hydrogens is 209 g/mol. The van der Waals surface area contributed by atoms with E-state index in [0.717, 1.165) is 6.07 Å². The zero-order chi connectivity index (χ0) is 11.2. The Labute approximate surface area is 82.9 Å². The van der Waals surface area contributed by atoms with E-state index in [4.69, 9.17) is 4.42 Å². The van der Waals surface area contributed by atoms with Crippen molar-refractivity contribution in [2.45, 2.75) is 13.1 Å². The maximum atomic E-state index is 12.4. The topological polar surface area (TPSA) is 33.4 Å². The molecule has 0 fully saturated rings. The third-order valence-corrected chi connectivity index (χ3v) is 2.05. The summed E-state index contributed by atoms with van der Waals surface area (Å²) >= 11 is 0. The molecule has 1 aromatic carbocycles. The van der Waals surface area contributed by atoms with E-state index in [1.54, 1.807) is 6.92 Å². The van der Waals surface area contributed by atoms with Gasteiger partial charge in [0.05, 0.1) is 5.56 Å². The molecule has 0 unspecified atom stereocenters. The van der Waals surface area contributed by atoms with Crippen molar-refractivity contribution in [3.05, 3.63) is 29.5 Å². The number of rotatable bonds is 0. The summed E-state index contributed by atoms with van der Waals surface area (Å²) in [6.45, 7) is 1.60. The monoisotopic (exact) mass is 216 g/mol. The Hall–Kier alpha value is -1.65. The minimum absolute atomic E-state index is 0.0838. The Kier molecular flexibility index (Phi) is 1.92. The number of phenolic OH excluding ortho intramolecular Hbond substituents is 1. The minimum Gasteiger partial charge on any atom is -0.504 e. The fourth-order valence-corrected chi connectivity index (χ4v) is 1.43. The van der Waals surface area contributed by atoms with Crippen molar-refractivity contribution >= 4 is 11.0 Å². The van der Waals surface area contributed by atoms with Crippen LogP contribution in [0, 0.1) is 6.92 Å². The lowest BCUT2D eigenvalue weighted by molar-refractivity contribution is -0.137. The summed E-state index contributed by atoms with van der Waals surface area (Å²) in [7, 11) is 0. The van der Waals surface area contributed by atoms with E-state index in [2.05, 4.69) is 0 Å². The smallest absolute Gasteiger partial charge is 0.416 e. The number of phenols is 1. The van der Waals surface area contributed by atoms with Crippen LogP contribution in [0.25, 0.3) is 11.0 Å². The average molecular weight is 216 g/mol. The maximum absolute atomic E-state index is 12.4. The van der Waals surface area contributed by atoms with E-state index in [0.29, 0.717) is 11.8 Å². The average Bonchev–Trinajstić information content (AvgIpc) is 2.44. The predicted octanol–water partition coefficient (Wildman–Crippen LogP) is 3.47. The van der Waals surface area contributed by atoms with Gasteiger partial charge in [-0.05, 0) is 25.1 Å². The van der Waals surface area contributed by atoms with Gasteiger partial charge in [0.15, 0.2) is 11.3 Å². The molecular formula is C10H7F3O2. The molecule has 0 spiro atoms. The van der Waals surface area contributed by atoms with Gasteiger partial charge in [0.1, 0.15) is 5.76 Å². The Balaban J connectivity index is 2.72. The normalized spacial score (nSPS) is 12.3. The lowest BCUT2D eigenvalue weighted by Gasteiger charge is -2.06. The molecule has 0 aliphatic heterocycles. The minimum atomic E-state index is -4.46. The van der Waals surface area contributed by atoms with Crippen LogP contribution in [0.3, 0.4) is 0 Å². The van der Waals surface area contributed by atoms with Gasteiger partial charge in [-0.1, -0.05) is 0 Å². The van der Waals surface area contributed by atoms with Gasteiger partial charge in [-0.15, -0.1) is 0 Å². The van der Waals surface area contributed by atoms with Crippen LogP contribution < -0.4 is 0 Å². The number of halogens is 3. The Morgan fingerprint density at radius 2 is 1.87 bits per heavy atom. The highest BCUT2D eigenvalue weighted by Gasteiger charge is 2.31. The van der Waals surface area contributed by atoms with E-state index in [1.807, 2.05) is 0 Å². The molecule has 80 valence electrons. The summed E-state index contributed by atoms with van der Waals surface area (Å²) in [5.41, 5.74) is -0.797. The van der Waals surface area contributed by atoms with Crippen molar-refractivity contribution in [1.82, 2.24) is 0 Å². The van der Waals surface area contributed by atoms with E-state index >= 15 is 0 Å². The molecule has 0 bridgehead atoms. The van der Waals surface area contributed by atoms with E-state index in [9.17, 15) is 18.3 Å². The van der Waals surface area contributed by atoms with Crippen molar-refractivity contribution in [3.8, 4) is 5.75 Å². The first-order valence-corrected chi connectivity index (χ1v) is 4.18. The summed E-state index contributed by atoms with van der Waals surface area (Å²) in [6, 6.07) is 3.06. The number of hydrogen-bond donors (Lipinski definition) is 1. The molecule has 1 aromatic heterocycles. The first kappa shape index (κ1) is 9.89. The summed E-state index contributed by atoms with van der Waals surface area (Å²) in [6.07, 6.45) is -4.46. The molecule has 0 saturated heterocycles. The molecule has 1 heterocycles. The molecule has 0 atom stereocenters. The lowest BCUT2D eigenvalue weighted by Crippen LogP contribution is -2.04. The predicted molar refractivity (Wildman–Crippen MR) is 47.6 cm³/mol. The Morgan fingerprint density at radius 1 is 1.20 bits per heavy atom. The SMILES string of the molecule is Cc1cc2cc(C(F)(F)F)cc(O)c2o1. The summed E-state index contributed by atoms with van der Waals surface area (Å²) in [4.78, 5) is 0. The zero-order valence-electron chi connectivity index (χ0n) is 7.72. The molecule has 5 heteroatoms. The second kappa shape index (κ2) is 2.92. The van der Waals surface area contributed by atoms with Crippen LogP contribution in [-0.2, 0) is 6.18 Å². The van der Waals surface area contributed by atoms with Crippen LogP contribution in [0.15, 0.2) is 22.6 Å². The number of fused-ring (bicyclic) bond motifs is 1. The van der Waals surface area contributed by atoms with Crippen molar-refractivity contribution < 1.29 is 22.7 Å². The Morgan fingerprint density at radius 3 is 2.47 bits per heavy atom. The van der Waals surface area contributed by atoms with Crippen LogP contribution >= 0.6 is 0 Å². The van der Waals surface area contributed by atoms with Crippen molar-refractivity contribution in [1.29, 1.82) is 0 Å². The highest BCUT2D eigenvalue weighted by molar-refractivity contribution is 5.84. The van der Waals surface area contributed by atoms with Crippen LogP contribution in [0.2, 0.25) is 0 Å². The first-order valence-electron chi connectivity index (χ1n) is 4.18. The van der Waals surface area contributed by atoms with Crippen LogP contribution in [0.5, 0.6) is 5.75 Å². The van der Waals surface area contributed by atoms with Crippen molar-refractivity contribution in [2.24, 2.45) is 0 Å². The molecule has 15 heavy (non-hydrogen) atoms. The lowest BCUT2D eigenvalue weighted by atomic mass is 10.1. The highest BCUT2D eigenvalue weighted by atomic mass is 19.4. The Bertz CT molecular complexity index is 511. The van der Waals surface area contributed by atoms with Gasteiger partial charge in [0.25, 0.3) is 0 Å².